The van der Waals surface area contributed by atoms with E-state index in [4.69, 9.17) is 18.9 Å². The van der Waals surface area contributed by atoms with Crippen LogP contribution in [0.2, 0.25) is 0 Å². The Morgan fingerprint density at radius 2 is 0.937 bits per heavy atom. The van der Waals surface area contributed by atoms with Gasteiger partial charge in [-0.3, -0.25) is 4.40 Å². The number of para-hydroxylation sites is 6. The minimum absolute atomic E-state index is 0.167. The van der Waals surface area contributed by atoms with Crippen molar-refractivity contribution in [2.45, 2.75) is 52.4 Å². The number of imidazole rings is 1. The van der Waals surface area contributed by atoms with Gasteiger partial charge in [-0.05, 0) is 90.2 Å². The third-order valence-corrected chi connectivity index (χ3v) is 17.5. The van der Waals surface area contributed by atoms with Crippen molar-refractivity contribution < 1.29 is 13.9 Å². The largest absolute Gasteiger partial charge is 0.449 e. The van der Waals surface area contributed by atoms with E-state index in [1.54, 1.807) is 0 Å². The van der Waals surface area contributed by atoms with Crippen molar-refractivity contribution in [1.82, 2.24) is 9.38 Å². The van der Waals surface area contributed by atoms with Crippen molar-refractivity contribution in [2.24, 2.45) is 0 Å². The molecule has 0 spiro atoms. The van der Waals surface area contributed by atoms with Gasteiger partial charge < -0.3 is 13.9 Å². The van der Waals surface area contributed by atoms with Crippen LogP contribution in [0.4, 0.5) is 0 Å². The van der Waals surface area contributed by atoms with Crippen LogP contribution < -0.4 is 30.2 Å². The molecule has 0 fully saturated rings. The highest BCUT2D eigenvalue weighted by Gasteiger charge is 2.43. The Labute approximate surface area is 369 Å². The summed E-state index contributed by atoms with van der Waals surface area (Å²) in [5.41, 5.74) is 10.3. The molecule has 0 amide bonds. The van der Waals surface area contributed by atoms with Crippen LogP contribution in [0.5, 0.6) is 23.0 Å². The van der Waals surface area contributed by atoms with E-state index < -0.39 is 8.07 Å². The van der Waals surface area contributed by atoms with Gasteiger partial charge in [0, 0.05) is 11.1 Å². The number of aromatic nitrogens is 2. The summed E-state index contributed by atoms with van der Waals surface area (Å²) in [5.74, 6) is 3.46. The number of hydrogen-bond acceptors (Lipinski definition) is 4. The van der Waals surface area contributed by atoms with Crippen molar-refractivity contribution in [1.29, 1.82) is 0 Å². The van der Waals surface area contributed by atoms with E-state index in [1.807, 2.05) is 42.5 Å². The number of benzene rings is 8. The van der Waals surface area contributed by atoms with Gasteiger partial charge in [0.15, 0.2) is 36.7 Å². The summed E-state index contributed by atoms with van der Waals surface area (Å²) in [6.07, 6.45) is 0. The number of rotatable bonds is 6. The van der Waals surface area contributed by atoms with E-state index in [1.165, 1.54) is 37.4 Å². The van der Waals surface area contributed by atoms with Gasteiger partial charge in [0.25, 0.3) is 0 Å². The number of hydrogen-bond donors (Lipinski definition) is 0. The summed E-state index contributed by atoms with van der Waals surface area (Å²) in [4.78, 5) is 5.23. The maximum absolute atomic E-state index is 6.77. The fraction of sp³-hybridized carbons (Fsp3) is 0.140. The van der Waals surface area contributed by atoms with Crippen LogP contribution in [0.1, 0.15) is 52.7 Å². The Bertz CT molecular complexity index is 3330. The standard InChI is InChI=1S/C57H48N2O3Si/c1-56(2,3)45-33-31-39(35-43(45)41-23-17-26-48-53(41)58-55-59(48)47-25-13-14-27-49(47)62-55)63(37-19-9-7-10-20-37,38-21-11-8-12-22-38)40-32-34-46(57(4,5)6)44(36-40)42-24-18-30-52-54(42)61-51-29-16-15-28-50(51)60-52/h7-36H,1-6H3. The Morgan fingerprint density at radius 1 is 0.429 bits per heavy atom. The number of ether oxygens (including phenoxy) is 2. The zero-order chi connectivity index (χ0) is 43.1. The van der Waals surface area contributed by atoms with Gasteiger partial charge in [-0.25, -0.2) is 0 Å². The fourth-order valence-corrected chi connectivity index (χ4v) is 14.6. The molecule has 6 heteroatoms. The van der Waals surface area contributed by atoms with Crippen LogP contribution in [-0.2, 0) is 10.8 Å². The molecule has 8 aromatic carbocycles. The molecule has 1 aliphatic rings. The molecule has 0 aliphatic carbocycles. The fourth-order valence-electron chi connectivity index (χ4n) is 9.87. The Balaban J connectivity index is 1.21. The van der Waals surface area contributed by atoms with Gasteiger partial charge in [0.1, 0.15) is 5.52 Å². The summed E-state index contributed by atoms with van der Waals surface area (Å²) in [6, 6.07) is 65.8. The predicted octanol–water partition coefficient (Wildman–Crippen LogP) is 12.4. The summed E-state index contributed by atoms with van der Waals surface area (Å²) in [7, 11) is -3.12. The van der Waals surface area contributed by atoms with Crippen molar-refractivity contribution in [3.05, 3.63) is 193 Å². The third kappa shape index (κ3) is 6.23. The van der Waals surface area contributed by atoms with E-state index in [2.05, 4.69) is 185 Å². The van der Waals surface area contributed by atoms with E-state index >= 15 is 0 Å². The lowest BCUT2D eigenvalue weighted by molar-refractivity contribution is 0.360. The molecule has 11 rings (SSSR count). The van der Waals surface area contributed by atoms with Gasteiger partial charge in [-0.2, -0.15) is 4.98 Å². The van der Waals surface area contributed by atoms with Gasteiger partial charge in [0.05, 0.1) is 11.0 Å². The highest BCUT2D eigenvalue weighted by Crippen LogP contribution is 2.50. The molecule has 0 saturated carbocycles. The molecular formula is C57H48N2O3Si. The van der Waals surface area contributed by atoms with Crippen LogP contribution in [-0.4, -0.2) is 17.5 Å². The van der Waals surface area contributed by atoms with Crippen molar-refractivity contribution in [2.75, 3.05) is 0 Å². The monoisotopic (exact) mass is 836 g/mol. The van der Waals surface area contributed by atoms with E-state index in [9.17, 15) is 0 Å². The maximum atomic E-state index is 6.77. The molecule has 0 atom stereocenters. The van der Waals surface area contributed by atoms with Crippen LogP contribution in [0.3, 0.4) is 0 Å². The van der Waals surface area contributed by atoms with Crippen LogP contribution in [0.15, 0.2) is 186 Å². The first-order chi connectivity index (χ1) is 30.5. The molecule has 2 aromatic heterocycles. The summed E-state index contributed by atoms with van der Waals surface area (Å²) in [6.45, 7) is 13.8. The molecule has 308 valence electrons. The number of oxazole rings is 1. The van der Waals surface area contributed by atoms with Crippen molar-refractivity contribution in [3.8, 4) is 45.3 Å². The molecule has 3 heterocycles. The van der Waals surface area contributed by atoms with E-state index in [0.29, 0.717) is 23.1 Å². The smallest absolute Gasteiger partial charge is 0.307 e. The quantitative estimate of drug-likeness (QED) is 0.124. The number of nitrogens with zero attached hydrogens (tertiary/aromatic N) is 2. The molecule has 10 aromatic rings. The molecule has 0 saturated heterocycles. The van der Waals surface area contributed by atoms with Crippen molar-refractivity contribution >= 4 is 56.8 Å². The van der Waals surface area contributed by atoms with Gasteiger partial charge in [-0.15, -0.1) is 0 Å². The van der Waals surface area contributed by atoms with Gasteiger partial charge in [-0.1, -0.05) is 187 Å². The molecular weight excluding hydrogens is 789 g/mol. The zero-order valence-corrected chi connectivity index (χ0v) is 37.4. The molecule has 0 N–H and O–H groups in total. The zero-order valence-electron chi connectivity index (χ0n) is 36.4. The SMILES string of the molecule is CC(C)(C)c1ccc([Si](c2ccccc2)(c2ccccc2)c2ccc(C(C)(C)C)c(-c3cccc4c3nc3oc5ccccc5n34)c2)cc1-c1cccc2c1Oc1ccccc1O2. The summed E-state index contributed by atoms with van der Waals surface area (Å²) < 4.78 is 21.8. The van der Waals surface area contributed by atoms with Gasteiger partial charge >= 0.3 is 5.84 Å². The van der Waals surface area contributed by atoms with E-state index in [-0.39, 0.29) is 10.8 Å². The normalized spacial score (nSPS) is 12.9. The van der Waals surface area contributed by atoms with E-state index in [0.717, 1.165) is 44.6 Å². The Kier molecular flexibility index (Phi) is 8.90. The second kappa shape index (κ2) is 14.5. The maximum Gasteiger partial charge on any atom is 0.307 e. The first kappa shape index (κ1) is 38.7. The minimum atomic E-state index is -3.12. The highest BCUT2D eigenvalue weighted by atomic mass is 28.3. The lowest BCUT2D eigenvalue weighted by atomic mass is 9.81. The van der Waals surface area contributed by atoms with Crippen LogP contribution in [0.25, 0.3) is 50.2 Å². The second-order valence-electron chi connectivity index (χ2n) is 18.8. The minimum Gasteiger partial charge on any atom is -0.449 e. The van der Waals surface area contributed by atoms with Crippen molar-refractivity contribution in [3.63, 3.8) is 0 Å². The second-order valence-corrected chi connectivity index (χ2v) is 22.6. The highest BCUT2D eigenvalue weighted by molar-refractivity contribution is 7.20. The van der Waals surface area contributed by atoms with Crippen LogP contribution in [0, 0.1) is 0 Å². The summed E-state index contributed by atoms with van der Waals surface area (Å²) in [5, 5.41) is 5.16. The Morgan fingerprint density at radius 3 is 1.57 bits per heavy atom. The molecule has 0 bridgehead atoms. The summed E-state index contributed by atoms with van der Waals surface area (Å²) >= 11 is 0. The predicted molar refractivity (Wildman–Crippen MR) is 261 cm³/mol. The van der Waals surface area contributed by atoms with Crippen LogP contribution >= 0.6 is 0 Å². The van der Waals surface area contributed by atoms with Gasteiger partial charge in [0.2, 0.25) is 0 Å². The third-order valence-electron chi connectivity index (χ3n) is 12.7. The Hall–Kier alpha value is -7.15. The first-order valence-corrected chi connectivity index (χ1v) is 23.8. The number of fused-ring (bicyclic) bond motifs is 7. The molecule has 1 aliphatic heterocycles. The molecule has 5 nitrogen and oxygen atoms in total. The topological polar surface area (TPSA) is 48.9 Å². The lowest BCUT2D eigenvalue weighted by Crippen LogP contribution is -2.74. The average Bonchev–Trinajstić information content (AvgIpc) is 3.85. The molecule has 0 unspecified atom stereocenters. The average molecular weight is 837 g/mol. The first-order valence-electron chi connectivity index (χ1n) is 21.8. The molecule has 63 heavy (non-hydrogen) atoms. The molecule has 0 radical (unpaired) electrons. The lowest BCUT2D eigenvalue weighted by Gasteiger charge is -2.37.